The molecular formula is C19H24N2O. The van der Waals surface area contributed by atoms with Crippen molar-refractivity contribution >= 4 is 5.69 Å². The van der Waals surface area contributed by atoms with E-state index in [0.29, 0.717) is 11.7 Å². The number of likely N-dealkylation sites (tertiary alicyclic amines) is 1. The molecule has 3 rings (SSSR count). The quantitative estimate of drug-likeness (QED) is 0.826. The number of para-hydroxylation sites is 2. The molecule has 2 N–H and O–H groups in total. The average molecular weight is 296 g/mol. The van der Waals surface area contributed by atoms with Gasteiger partial charge in [-0.25, -0.2) is 0 Å². The van der Waals surface area contributed by atoms with Gasteiger partial charge in [0.2, 0.25) is 0 Å². The Morgan fingerprint density at radius 2 is 1.64 bits per heavy atom. The maximum absolute atomic E-state index is 9.73. The molecule has 3 nitrogen and oxygen atoms in total. The molecule has 1 saturated heterocycles. The van der Waals surface area contributed by atoms with E-state index in [1.54, 1.807) is 6.07 Å². The first-order valence-corrected chi connectivity index (χ1v) is 8.12. The highest BCUT2D eigenvalue weighted by Crippen LogP contribution is 2.27. The van der Waals surface area contributed by atoms with Gasteiger partial charge < -0.3 is 15.3 Å². The van der Waals surface area contributed by atoms with Crippen LogP contribution in [0.4, 0.5) is 5.69 Å². The monoisotopic (exact) mass is 296 g/mol. The van der Waals surface area contributed by atoms with Gasteiger partial charge in [-0.15, -0.1) is 0 Å². The molecule has 0 amide bonds. The molecule has 1 aliphatic heterocycles. The van der Waals surface area contributed by atoms with Crippen molar-refractivity contribution in [3.8, 4) is 5.75 Å². The molecule has 0 bridgehead atoms. The number of hydrogen-bond acceptors (Lipinski definition) is 3. The van der Waals surface area contributed by atoms with Crippen LogP contribution in [0.3, 0.4) is 0 Å². The third-order valence-corrected chi connectivity index (χ3v) is 4.51. The normalized spacial score (nSPS) is 16.5. The Morgan fingerprint density at radius 1 is 0.955 bits per heavy atom. The lowest BCUT2D eigenvalue weighted by Gasteiger charge is -2.32. The number of nitrogens with one attached hydrogen (secondary N) is 1. The second-order valence-corrected chi connectivity index (χ2v) is 5.97. The summed E-state index contributed by atoms with van der Waals surface area (Å²) in [6.07, 6.45) is 2.47. The minimum absolute atomic E-state index is 0.324. The molecule has 0 aromatic heterocycles. The predicted molar refractivity (Wildman–Crippen MR) is 91.5 cm³/mol. The molecule has 2 aromatic carbocycles. The number of phenolic OH excluding ortho intramolecular Hbond substituents is 1. The summed E-state index contributed by atoms with van der Waals surface area (Å²) in [5.41, 5.74) is 2.30. The standard InChI is InChI=1S/C19H24N2O/c22-19-9-5-4-8-18(19)20-12-15-21-13-10-17(11-14-21)16-6-2-1-3-7-16/h1-9,17,20,22H,10-15H2. The van der Waals surface area contributed by atoms with E-state index in [9.17, 15) is 5.11 Å². The number of anilines is 1. The molecular weight excluding hydrogens is 272 g/mol. The minimum Gasteiger partial charge on any atom is -0.506 e. The first kappa shape index (κ1) is 14.9. The molecule has 0 saturated carbocycles. The molecule has 1 aliphatic rings. The molecule has 0 spiro atoms. The van der Waals surface area contributed by atoms with Crippen molar-refractivity contribution in [2.45, 2.75) is 18.8 Å². The molecule has 1 fully saturated rings. The Morgan fingerprint density at radius 3 is 2.36 bits per heavy atom. The average Bonchev–Trinajstić information content (AvgIpc) is 2.58. The summed E-state index contributed by atoms with van der Waals surface area (Å²) >= 11 is 0. The van der Waals surface area contributed by atoms with Crippen LogP contribution in [-0.4, -0.2) is 36.2 Å². The van der Waals surface area contributed by atoms with E-state index in [0.717, 1.165) is 31.9 Å². The topological polar surface area (TPSA) is 35.5 Å². The second-order valence-electron chi connectivity index (χ2n) is 5.97. The summed E-state index contributed by atoms with van der Waals surface area (Å²) in [4.78, 5) is 2.51. The van der Waals surface area contributed by atoms with Gasteiger partial charge in [0, 0.05) is 13.1 Å². The summed E-state index contributed by atoms with van der Waals surface area (Å²) in [7, 11) is 0. The van der Waals surface area contributed by atoms with E-state index >= 15 is 0 Å². The van der Waals surface area contributed by atoms with E-state index in [1.165, 1.54) is 18.4 Å². The van der Waals surface area contributed by atoms with Crippen molar-refractivity contribution in [3.05, 3.63) is 60.2 Å². The predicted octanol–water partition coefficient (Wildman–Crippen LogP) is 3.68. The van der Waals surface area contributed by atoms with Crippen LogP contribution in [0.5, 0.6) is 5.75 Å². The first-order valence-electron chi connectivity index (χ1n) is 8.12. The molecule has 2 aromatic rings. The molecule has 0 unspecified atom stereocenters. The van der Waals surface area contributed by atoms with Crippen LogP contribution in [0, 0.1) is 0 Å². The fourth-order valence-electron chi connectivity index (χ4n) is 3.19. The van der Waals surface area contributed by atoms with Gasteiger partial charge in [-0.2, -0.15) is 0 Å². The lowest BCUT2D eigenvalue weighted by molar-refractivity contribution is 0.219. The molecule has 1 heterocycles. The van der Waals surface area contributed by atoms with Crippen molar-refractivity contribution in [2.75, 3.05) is 31.5 Å². The number of hydrogen-bond donors (Lipinski definition) is 2. The highest BCUT2D eigenvalue weighted by Gasteiger charge is 2.19. The molecule has 0 aliphatic carbocycles. The summed E-state index contributed by atoms with van der Waals surface area (Å²) in [6, 6.07) is 18.3. The summed E-state index contributed by atoms with van der Waals surface area (Å²) < 4.78 is 0. The lowest BCUT2D eigenvalue weighted by atomic mass is 9.89. The fourth-order valence-corrected chi connectivity index (χ4v) is 3.19. The van der Waals surface area contributed by atoms with E-state index in [2.05, 4.69) is 40.5 Å². The Balaban J connectivity index is 1.42. The van der Waals surface area contributed by atoms with Gasteiger partial charge in [-0.05, 0) is 49.5 Å². The van der Waals surface area contributed by atoms with Crippen LogP contribution >= 0.6 is 0 Å². The minimum atomic E-state index is 0.324. The highest BCUT2D eigenvalue weighted by molar-refractivity contribution is 5.55. The van der Waals surface area contributed by atoms with E-state index in [1.807, 2.05) is 18.2 Å². The van der Waals surface area contributed by atoms with Crippen LogP contribution < -0.4 is 5.32 Å². The Labute approximate surface area is 132 Å². The van der Waals surface area contributed by atoms with Crippen LogP contribution in [0.1, 0.15) is 24.3 Å². The van der Waals surface area contributed by atoms with Crippen molar-refractivity contribution < 1.29 is 5.11 Å². The molecule has 116 valence electrons. The molecule has 22 heavy (non-hydrogen) atoms. The zero-order chi connectivity index (χ0) is 15.2. The maximum Gasteiger partial charge on any atom is 0.138 e. The molecule has 0 radical (unpaired) electrons. The van der Waals surface area contributed by atoms with Gasteiger partial charge in [0.25, 0.3) is 0 Å². The van der Waals surface area contributed by atoms with Crippen LogP contribution in [0.25, 0.3) is 0 Å². The Bertz CT molecular complexity index is 577. The molecule has 0 atom stereocenters. The summed E-state index contributed by atoms with van der Waals surface area (Å²) in [5.74, 6) is 1.04. The van der Waals surface area contributed by atoms with Crippen molar-refractivity contribution in [3.63, 3.8) is 0 Å². The number of benzene rings is 2. The van der Waals surface area contributed by atoms with Crippen molar-refractivity contribution in [2.24, 2.45) is 0 Å². The fraction of sp³-hybridized carbons (Fsp3) is 0.368. The number of nitrogens with zero attached hydrogens (tertiary/aromatic N) is 1. The van der Waals surface area contributed by atoms with Crippen LogP contribution in [0.2, 0.25) is 0 Å². The zero-order valence-electron chi connectivity index (χ0n) is 12.9. The van der Waals surface area contributed by atoms with Gasteiger partial charge in [0.15, 0.2) is 0 Å². The highest BCUT2D eigenvalue weighted by atomic mass is 16.3. The van der Waals surface area contributed by atoms with E-state index in [4.69, 9.17) is 0 Å². The smallest absolute Gasteiger partial charge is 0.138 e. The maximum atomic E-state index is 9.73. The third kappa shape index (κ3) is 3.80. The van der Waals surface area contributed by atoms with Crippen molar-refractivity contribution in [1.82, 2.24) is 4.90 Å². The SMILES string of the molecule is Oc1ccccc1NCCN1CCC(c2ccccc2)CC1. The van der Waals surface area contributed by atoms with Gasteiger partial charge in [-0.3, -0.25) is 0 Å². The lowest BCUT2D eigenvalue weighted by Crippen LogP contribution is -2.36. The second kappa shape index (κ2) is 7.32. The van der Waals surface area contributed by atoms with Gasteiger partial charge in [-0.1, -0.05) is 42.5 Å². The van der Waals surface area contributed by atoms with Crippen LogP contribution in [0.15, 0.2) is 54.6 Å². The molecule has 3 heteroatoms. The van der Waals surface area contributed by atoms with Gasteiger partial charge in [0.05, 0.1) is 5.69 Å². The number of piperidine rings is 1. The largest absolute Gasteiger partial charge is 0.506 e. The van der Waals surface area contributed by atoms with E-state index in [-0.39, 0.29) is 0 Å². The number of phenols is 1. The van der Waals surface area contributed by atoms with Crippen LogP contribution in [-0.2, 0) is 0 Å². The first-order chi connectivity index (χ1) is 10.8. The zero-order valence-corrected chi connectivity index (χ0v) is 12.9. The van der Waals surface area contributed by atoms with Gasteiger partial charge in [0.1, 0.15) is 5.75 Å². The number of aromatic hydroxyl groups is 1. The van der Waals surface area contributed by atoms with Crippen molar-refractivity contribution in [1.29, 1.82) is 0 Å². The number of rotatable bonds is 5. The van der Waals surface area contributed by atoms with E-state index < -0.39 is 0 Å². The third-order valence-electron chi connectivity index (χ3n) is 4.51. The summed E-state index contributed by atoms with van der Waals surface area (Å²) in [5, 5.41) is 13.0. The Kier molecular flexibility index (Phi) is 4.96. The summed E-state index contributed by atoms with van der Waals surface area (Å²) in [6.45, 7) is 4.20. The Hall–Kier alpha value is -2.00. The van der Waals surface area contributed by atoms with Gasteiger partial charge >= 0.3 is 0 Å².